The van der Waals surface area contributed by atoms with Gasteiger partial charge in [-0.3, -0.25) is 9.52 Å². The van der Waals surface area contributed by atoms with E-state index in [9.17, 15) is 13.2 Å². The van der Waals surface area contributed by atoms with Crippen molar-refractivity contribution in [3.05, 3.63) is 83.9 Å². The number of sulfonamides is 1. The fourth-order valence-corrected chi connectivity index (χ4v) is 4.36. The van der Waals surface area contributed by atoms with Crippen LogP contribution in [-0.2, 0) is 21.2 Å². The zero-order chi connectivity index (χ0) is 21.6. The third-order valence-electron chi connectivity index (χ3n) is 4.60. The number of aryl methyl sites for hydroxylation is 2. The maximum atomic E-state index is 13.0. The van der Waals surface area contributed by atoms with E-state index < -0.39 is 10.0 Å². The second-order valence-corrected chi connectivity index (χ2v) is 8.47. The van der Waals surface area contributed by atoms with Crippen LogP contribution in [0, 0.1) is 6.92 Å². The van der Waals surface area contributed by atoms with E-state index in [0.29, 0.717) is 35.5 Å². The number of hydrogen-bond acceptors (Lipinski definition) is 4. The maximum absolute atomic E-state index is 13.0. The van der Waals surface area contributed by atoms with Gasteiger partial charge in [0.15, 0.2) is 0 Å². The van der Waals surface area contributed by atoms with Gasteiger partial charge in [-0.1, -0.05) is 48.5 Å². The average molecular weight is 425 g/mol. The van der Waals surface area contributed by atoms with Crippen LogP contribution in [-0.4, -0.2) is 21.4 Å². The molecule has 0 aliphatic heterocycles. The van der Waals surface area contributed by atoms with E-state index in [1.54, 1.807) is 43.3 Å². The molecule has 3 rings (SSSR count). The Hall–Kier alpha value is -3.32. The molecule has 30 heavy (non-hydrogen) atoms. The van der Waals surface area contributed by atoms with Crippen molar-refractivity contribution >= 4 is 27.3 Å². The zero-order valence-electron chi connectivity index (χ0n) is 16.9. The van der Waals surface area contributed by atoms with Crippen molar-refractivity contribution in [2.24, 2.45) is 0 Å². The number of para-hydroxylation sites is 2. The highest BCUT2D eigenvalue weighted by atomic mass is 32.2. The van der Waals surface area contributed by atoms with E-state index in [2.05, 4.69) is 10.0 Å². The zero-order valence-corrected chi connectivity index (χ0v) is 17.7. The third kappa shape index (κ3) is 5.39. The number of benzene rings is 3. The fourth-order valence-electron chi connectivity index (χ4n) is 3.02. The number of carbonyl (C=O) groups excluding carboxylic acids is 1. The number of amides is 1. The Bertz CT molecular complexity index is 1130. The maximum Gasteiger partial charge on any atom is 0.262 e. The molecule has 0 bridgehead atoms. The molecule has 3 aromatic rings. The van der Waals surface area contributed by atoms with Gasteiger partial charge in [0, 0.05) is 12.1 Å². The van der Waals surface area contributed by atoms with Gasteiger partial charge in [-0.25, -0.2) is 8.42 Å². The largest absolute Gasteiger partial charge is 0.495 e. The number of ether oxygens (including phenoxy) is 1. The number of rotatable bonds is 8. The highest BCUT2D eigenvalue weighted by Gasteiger charge is 2.19. The van der Waals surface area contributed by atoms with Gasteiger partial charge in [-0.2, -0.15) is 0 Å². The van der Waals surface area contributed by atoms with E-state index in [4.69, 9.17) is 4.74 Å². The molecule has 0 saturated heterocycles. The van der Waals surface area contributed by atoms with Crippen molar-refractivity contribution in [1.82, 2.24) is 0 Å². The second kappa shape index (κ2) is 9.45. The summed E-state index contributed by atoms with van der Waals surface area (Å²) in [4.78, 5) is 12.4. The Labute approximate surface area is 177 Å². The van der Waals surface area contributed by atoms with Crippen molar-refractivity contribution in [3.63, 3.8) is 0 Å². The van der Waals surface area contributed by atoms with Gasteiger partial charge >= 0.3 is 0 Å². The lowest BCUT2D eigenvalue weighted by Crippen LogP contribution is -2.16. The first-order valence-corrected chi connectivity index (χ1v) is 11.0. The Morgan fingerprint density at radius 1 is 0.967 bits per heavy atom. The van der Waals surface area contributed by atoms with Crippen molar-refractivity contribution in [2.75, 3.05) is 17.1 Å². The summed E-state index contributed by atoms with van der Waals surface area (Å²) in [5.41, 5.74) is 2.41. The Morgan fingerprint density at radius 2 is 1.67 bits per heavy atom. The Balaban J connectivity index is 1.74. The van der Waals surface area contributed by atoms with E-state index in [0.717, 1.165) is 5.56 Å². The molecule has 0 saturated carbocycles. The summed E-state index contributed by atoms with van der Waals surface area (Å²) in [6, 6.07) is 21.3. The molecule has 0 aliphatic carbocycles. The van der Waals surface area contributed by atoms with Crippen molar-refractivity contribution < 1.29 is 17.9 Å². The highest BCUT2D eigenvalue weighted by molar-refractivity contribution is 7.92. The molecule has 0 aromatic heterocycles. The van der Waals surface area contributed by atoms with Crippen LogP contribution < -0.4 is 14.8 Å². The van der Waals surface area contributed by atoms with Gasteiger partial charge in [0.25, 0.3) is 10.0 Å². The number of carbonyl (C=O) groups is 1. The van der Waals surface area contributed by atoms with Crippen LogP contribution in [0.2, 0.25) is 0 Å². The number of hydrogen-bond donors (Lipinski definition) is 2. The molecule has 0 fully saturated rings. The summed E-state index contributed by atoms with van der Waals surface area (Å²) >= 11 is 0. The van der Waals surface area contributed by atoms with Crippen LogP contribution in [0.1, 0.15) is 17.5 Å². The van der Waals surface area contributed by atoms with Gasteiger partial charge in [-0.15, -0.1) is 0 Å². The lowest BCUT2D eigenvalue weighted by atomic mass is 10.1. The number of methoxy groups -OCH3 is 1. The molecule has 0 radical (unpaired) electrons. The number of anilines is 2. The standard InChI is InChI=1S/C23H24N2O4S/c1-17-12-14-19(24-23(26)15-13-18-8-4-3-5-9-18)16-22(17)30(27,28)25-20-10-6-7-11-21(20)29-2/h3-12,14,16,25H,13,15H2,1-2H3,(H,24,26). The van der Waals surface area contributed by atoms with Gasteiger partial charge in [0.2, 0.25) is 5.91 Å². The van der Waals surface area contributed by atoms with Gasteiger partial charge in [-0.05, 0) is 48.7 Å². The molecule has 6 nitrogen and oxygen atoms in total. The topological polar surface area (TPSA) is 84.5 Å². The third-order valence-corrected chi connectivity index (χ3v) is 6.10. The molecule has 0 atom stereocenters. The molecular formula is C23H24N2O4S. The first-order valence-electron chi connectivity index (χ1n) is 9.49. The predicted molar refractivity (Wildman–Crippen MR) is 118 cm³/mol. The summed E-state index contributed by atoms with van der Waals surface area (Å²) in [7, 11) is -2.40. The number of nitrogens with one attached hydrogen (secondary N) is 2. The van der Waals surface area contributed by atoms with Crippen LogP contribution in [0.25, 0.3) is 0 Å². The van der Waals surface area contributed by atoms with Crippen LogP contribution in [0.3, 0.4) is 0 Å². The Morgan fingerprint density at radius 3 is 2.40 bits per heavy atom. The van der Waals surface area contributed by atoms with Gasteiger partial charge < -0.3 is 10.1 Å². The summed E-state index contributed by atoms with van der Waals surface area (Å²) in [6.07, 6.45) is 0.915. The molecule has 0 unspecified atom stereocenters. The SMILES string of the molecule is COc1ccccc1NS(=O)(=O)c1cc(NC(=O)CCc2ccccc2)ccc1C. The molecule has 7 heteroatoms. The van der Waals surface area contributed by atoms with E-state index in [-0.39, 0.29) is 10.8 Å². The second-order valence-electron chi connectivity index (χ2n) is 6.82. The molecular weight excluding hydrogens is 400 g/mol. The van der Waals surface area contributed by atoms with Crippen LogP contribution in [0.4, 0.5) is 11.4 Å². The van der Waals surface area contributed by atoms with Crippen molar-refractivity contribution in [2.45, 2.75) is 24.7 Å². The summed E-state index contributed by atoms with van der Waals surface area (Å²) in [6.45, 7) is 1.71. The van der Waals surface area contributed by atoms with Crippen molar-refractivity contribution in [3.8, 4) is 5.75 Å². The van der Waals surface area contributed by atoms with Crippen LogP contribution >= 0.6 is 0 Å². The molecule has 2 N–H and O–H groups in total. The minimum atomic E-state index is -3.87. The minimum Gasteiger partial charge on any atom is -0.495 e. The molecule has 156 valence electrons. The van der Waals surface area contributed by atoms with Crippen molar-refractivity contribution in [1.29, 1.82) is 0 Å². The predicted octanol–water partition coefficient (Wildman–Crippen LogP) is 4.38. The molecule has 0 heterocycles. The highest BCUT2D eigenvalue weighted by Crippen LogP contribution is 2.28. The molecule has 1 amide bonds. The molecule has 0 spiro atoms. The van der Waals surface area contributed by atoms with E-state index in [1.165, 1.54) is 13.2 Å². The normalized spacial score (nSPS) is 11.0. The lowest BCUT2D eigenvalue weighted by Gasteiger charge is -2.14. The quantitative estimate of drug-likeness (QED) is 0.562. The summed E-state index contributed by atoms with van der Waals surface area (Å²) in [5.74, 6) is 0.243. The first-order chi connectivity index (χ1) is 14.4. The monoisotopic (exact) mass is 424 g/mol. The van der Waals surface area contributed by atoms with E-state index in [1.807, 2.05) is 30.3 Å². The van der Waals surface area contributed by atoms with Crippen LogP contribution in [0.15, 0.2) is 77.7 Å². The fraction of sp³-hybridized carbons (Fsp3) is 0.174. The summed E-state index contributed by atoms with van der Waals surface area (Å²) in [5, 5.41) is 2.78. The van der Waals surface area contributed by atoms with Crippen LogP contribution in [0.5, 0.6) is 5.75 Å². The Kier molecular flexibility index (Phi) is 6.74. The first kappa shape index (κ1) is 21.4. The smallest absolute Gasteiger partial charge is 0.262 e. The lowest BCUT2D eigenvalue weighted by molar-refractivity contribution is -0.116. The van der Waals surface area contributed by atoms with E-state index >= 15 is 0 Å². The molecule has 0 aliphatic rings. The molecule has 3 aromatic carbocycles. The minimum absolute atomic E-state index is 0.0919. The van der Waals surface area contributed by atoms with Gasteiger partial charge in [0.05, 0.1) is 17.7 Å². The summed E-state index contributed by atoms with van der Waals surface area (Å²) < 4.78 is 33.7. The average Bonchev–Trinajstić information content (AvgIpc) is 2.74. The van der Waals surface area contributed by atoms with Gasteiger partial charge in [0.1, 0.15) is 5.75 Å².